The molecule has 5 heteroatoms. The Morgan fingerprint density at radius 3 is 1.93 bits per heavy atom. The summed E-state index contributed by atoms with van der Waals surface area (Å²) in [6.07, 6.45) is 1.89. The number of methoxy groups -OCH3 is 2. The summed E-state index contributed by atoms with van der Waals surface area (Å²) in [7, 11) is 7.31. The number of rotatable bonds is 11. The maximum atomic E-state index is 9.78. The van der Waals surface area contributed by atoms with Gasteiger partial charge in [-0.3, -0.25) is 0 Å². The van der Waals surface area contributed by atoms with E-state index < -0.39 is 0 Å². The third-order valence-electron chi connectivity index (χ3n) is 5.35. The molecule has 2 atom stereocenters. The van der Waals surface area contributed by atoms with Crippen LogP contribution in [0.4, 0.5) is 0 Å². The molecular weight excluding hydrogens is 366 g/mol. The summed E-state index contributed by atoms with van der Waals surface area (Å²) in [5.74, 6) is 3.24. The second-order valence-electron chi connectivity index (χ2n) is 8.01. The zero-order valence-electron chi connectivity index (χ0n) is 18.6. The van der Waals surface area contributed by atoms with Gasteiger partial charge in [0.25, 0.3) is 0 Å². The van der Waals surface area contributed by atoms with Crippen LogP contribution in [0, 0.1) is 11.8 Å². The van der Waals surface area contributed by atoms with Crippen LogP contribution < -0.4 is 14.2 Å². The van der Waals surface area contributed by atoms with Gasteiger partial charge in [0.15, 0.2) is 23.0 Å². The lowest BCUT2D eigenvalue weighted by Gasteiger charge is -2.21. The largest absolute Gasteiger partial charge is 0.504 e. The van der Waals surface area contributed by atoms with Crippen molar-refractivity contribution < 1.29 is 19.3 Å². The average molecular weight is 402 g/mol. The van der Waals surface area contributed by atoms with Gasteiger partial charge in [-0.1, -0.05) is 26.0 Å². The monoisotopic (exact) mass is 401 g/mol. The number of benzene rings is 2. The van der Waals surface area contributed by atoms with E-state index in [2.05, 4.69) is 30.9 Å². The molecule has 0 aliphatic carbocycles. The molecule has 0 fully saturated rings. The van der Waals surface area contributed by atoms with E-state index in [1.165, 1.54) is 11.1 Å². The first-order chi connectivity index (χ1) is 13.8. The van der Waals surface area contributed by atoms with Gasteiger partial charge in [0.05, 0.1) is 14.2 Å². The number of ether oxygens (including phenoxy) is 3. The lowest BCUT2D eigenvalue weighted by Crippen LogP contribution is -2.19. The zero-order chi connectivity index (χ0) is 21.4. The summed E-state index contributed by atoms with van der Waals surface area (Å²) >= 11 is 0. The molecule has 0 heterocycles. The first kappa shape index (κ1) is 22.9. The average Bonchev–Trinajstić information content (AvgIpc) is 2.69. The Bertz CT molecular complexity index is 775. The van der Waals surface area contributed by atoms with Crippen LogP contribution in [0.15, 0.2) is 36.4 Å². The van der Waals surface area contributed by atoms with Crippen molar-refractivity contribution in [1.29, 1.82) is 0 Å². The van der Waals surface area contributed by atoms with Gasteiger partial charge in [0.1, 0.15) is 6.61 Å². The first-order valence-corrected chi connectivity index (χ1v) is 10.1. The SMILES string of the molecule is COc1cc(C[C@@H](C)[C@@H](C)Cc2ccc(OCCN(C)C)c(OC)c2)ccc1O. The van der Waals surface area contributed by atoms with Crippen molar-refractivity contribution in [3.8, 4) is 23.0 Å². The second-order valence-corrected chi connectivity index (χ2v) is 8.01. The fourth-order valence-corrected chi connectivity index (χ4v) is 3.29. The molecule has 2 aromatic carbocycles. The molecule has 0 aliphatic heterocycles. The molecule has 0 aromatic heterocycles. The van der Waals surface area contributed by atoms with Crippen molar-refractivity contribution in [2.75, 3.05) is 41.5 Å². The molecule has 2 rings (SSSR count). The van der Waals surface area contributed by atoms with E-state index in [1.807, 2.05) is 32.3 Å². The highest BCUT2D eigenvalue weighted by atomic mass is 16.5. The summed E-state index contributed by atoms with van der Waals surface area (Å²) in [5.41, 5.74) is 2.41. The van der Waals surface area contributed by atoms with E-state index >= 15 is 0 Å². The molecule has 0 radical (unpaired) electrons. The van der Waals surface area contributed by atoms with Crippen molar-refractivity contribution in [3.05, 3.63) is 47.5 Å². The van der Waals surface area contributed by atoms with Crippen LogP contribution in [0.5, 0.6) is 23.0 Å². The van der Waals surface area contributed by atoms with Gasteiger partial charge in [0, 0.05) is 6.54 Å². The summed E-state index contributed by atoms with van der Waals surface area (Å²) < 4.78 is 16.6. The molecule has 2 aromatic rings. The summed E-state index contributed by atoms with van der Waals surface area (Å²) in [5, 5.41) is 9.78. The Morgan fingerprint density at radius 1 is 0.828 bits per heavy atom. The normalized spacial score (nSPS) is 13.2. The van der Waals surface area contributed by atoms with Crippen molar-refractivity contribution in [2.45, 2.75) is 26.7 Å². The summed E-state index contributed by atoms with van der Waals surface area (Å²) in [6.45, 7) is 6.03. The van der Waals surface area contributed by atoms with Crippen LogP contribution >= 0.6 is 0 Å². The van der Waals surface area contributed by atoms with Crippen LogP contribution in [0.3, 0.4) is 0 Å². The molecule has 1 N–H and O–H groups in total. The third kappa shape index (κ3) is 6.86. The number of likely N-dealkylation sites (N-methyl/N-ethyl adjacent to an activating group) is 1. The molecule has 0 bridgehead atoms. The minimum absolute atomic E-state index is 0.178. The van der Waals surface area contributed by atoms with E-state index in [1.54, 1.807) is 20.3 Å². The molecule has 5 nitrogen and oxygen atoms in total. The summed E-state index contributed by atoms with van der Waals surface area (Å²) in [4.78, 5) is 2.09. The Morgan fingerprint density at radius 2 is 1.38 bits per heavy atom. The maximum absolute atomic E-state index is 9.78. The fraction of sp³-hybridized carbons (Fsp3) is 0.500. The lowest BCUT2D eigenvalue weighted by molar-refractivity contribution is 0.250. The van der Waals surface area contributed by atoms with Crippen molar-refractivity contribution in [1.82, 2.24) is 4.90 Å². The van der Waals surface area contributed by atoms with Crippen LogP contribution in [-0.4, -0.2) is 51.5 Å². The number of nitrogens with zero attached hydrogens (tertiary/aromatic N) is 1. The third-order valence-corrected chi connectivity index (χ3v) is 5.35. The topological polar surface area (TPSA) is 51.2 Å². The highest BCUT2D eigenvalue weighted by Crippen LogP contribution is 2.31. The van der Waals surface area contributed by atoms with E-state index in [-0.39, 0.29) is 5.75 Å². The number of aromatic hydroxyl groups is 1. The quantitative estimate of drug-likeness (QED) is 0.605. The van der Waals surface area contributed by atoms with Gasteiger partial charge in [0.2, 0.25) is 0 Å². The summed E-state index contributed by atoms with van der Waals surface area (Å²) in [6, 6.07) is 11.8. The number of phenolic OH excluding ortho intramolecular Hbond substituents is 1. The number of hydrogen-bond acceptors (Lipinski definition) is 5. The highest BCUT2D eigenvalue weighted by Gasteiger charge is 2.16. The van der Waals surface area contributed by atoms with Crippen molar-refractivity contribution in [3.63, 3.8) is 0 Å². The Balaban J connectivity index is 1.99. The molecule has 29 heavy (non-hydrogen) atoms. The molecule has 0 saturated heterocycles. The van der Waals surface area contributed by atoms with Crippen LogP contribution in [-0.2, 0) is 12.8 Å². The van der Waals surface area contributed by atoms with Gasteiger partial charge in [-0.2, -0.15) is 0 Å². The molecule has 0 spiro atoms. The Kier molecular flexibility index (Phi) is 8.65. The molecular formula is C24H35NO4. The molecule has 0 amide bonds. The number of phenols is 1. The van der Waals surface area contributed by atoms with Crippen molar-refractivity contribution >= 4 is 0 Å². The highest BCUT2D eigenvalue weighted by molar-refractivity contribution is 5.43. The molecule has 160 valence electrons. The number of hydrogen-bond donors (Lipinski definition) is 1. The van der Waals surface area contributed by atoms with Gasteiger partial charge < -0.3 is 24.2 Å². The maximum Gasteiger partial charge on any atom is 0.161 e. The van der Waals surface area contributed by atoms with Gasteiger partial charge >= 0.3 is 0 Å². The van der Waals surface area contributed by atoms with Crippen LogP contribution in [0.2, 0.25) is 0 Å². The molecule has 0 unspecified atom stereocenters. The minimum Gasteiger partial charge on any atom is -0.504 e. The minimum atomic E-state index is 0.178. The van der Waals surface area contributed by atoms with Gasteiger partial charge in [-0.25, -0.2) is 0 Å². The second kappa shape index (κ2) is 11.0. The standard InChI is InChI=1S/C24H35NO4/c1-17(13-19-7-9-21(26)23(15-19)27-5)18(2)14-20-8-10-22(24(16-20)28-6)29-12-11-25(3)4/h7-10,15-18,26H,11-14H2,1-6H3/t17-,18+/m1/s1. The van der Waals surface area contributed by atoms with Gasteiger partial charge in [-0.05, 0) is 74.2 Å². The van der Waals surface area contributed by atoms with Crippen LogP contribution in [0.1, 0.15) is 25.0 Å². The smallest absolute Gasteiger partial charge is 0.161 e. The van der Waals surface area contributed by atoms with Gasteiger partial charge in [-0.15, -0.1) is 0 Å². The first-order valence-electron chi connectivity index (χ1n) is 10.1. The molecule has 0 saturated carbocycles. The Labute approximate surface area is 175 Å². The van der Waals surface area contributed by atoms with E-state index in [9.17, 15) is 5.11 Å². The van der Waals surface area contributed by atoms with E-state index in [4.69, 9.17) is 14.2 Å². The van der Waals surface area contributed by atoms with Crippen LogP contribution in [0.25, 0.3) is 0 Å². The van der Waals surface area contributed by atoms with Crippen molar-refractivity contribution in [2.24, 2.45) is 11.8 Å². The molecule has 0 aliphatic rings. The zero-order valence-corrected chi connectivity index (χ0v) is 18.6. The van der Waals surface area contributed by atoms with E-state index in [0.29, 0.717) is 24.2 Å². The Hall–Kier alpha value is -2.40. The fourth-order valence-electron chi connectivity index (χ4n) is 3.29. The lowest BCUT2D eigenvalue weighted by atomic mass is 9.85. The van der Waals surface area contributed by atoms with E-state index in [0.717, 1.165) is 30.9 Å². The predicted octanol–water partition coefficient (Wildman–Crippen LogP) is 4.41. The predicted molar refractivity (Wildman–Crippen MR) is 117 cm³/mol.